The number of piperidine rings is 1. The van der Waals surface area contributed by atoms with E-state index >= 15 is 0 Å². The van der Waals surface area contributed by atoms with Crippen LogP contribution in [0.25, 0.3) is 0 Å². The molecule has 1 amide bonds. The van der Waals surface area contributed by atoms with E-state index in [1.165, 1.54) is 11.3 Å². The number of rotatable bonds is 4. The van der Waals surface area contributed by atoms with Gasteiger partial charge in [0.25, 0.3) is 5.91 Å². The van der Waals surface area contributed by atoms with Gasteiger partial charge in [0, 0.05) is 24.5 Å². The molecule has 6 heteroatoms. The van der Waals surface area contributed by atoms with Gasteiger partial charge in [-0.15, -0.1) is 11.3 Å². The highest BCUT2D eigenvalue weighted by Crippen LogP contribution is 2.30. The Kier molecular flexibility index (Phi) is 4.87. The van der Waals surface area contributed by atoms with E-state index in [0.29, 0.717) is 31.0 Å². The molecule has 1 aliphatic heterocycles. The van der Waals surface area contributed by atoms with Crippen LogP contribution in [0.2, 0.25) is 0 Å². The fourth-order valence-corrected chi connectivity index (χ4v) is 3.49. The maximum Gasteiger partial charge on any atom is 0.257 e. The molecule has 0 saturated carbocycles. The number of thiazole rings is 1. The van der Waals surface area contributed by atoms with E-state index in [2.05, 4.69) is 18.8 Å². The minimum Gasteiger partial charge on any atom is -0.486 e. The molecule has 1 saturated heterocycles. The zero-order valence-corrected chi connectivity index (χ0v) is 14.9. The van der Waals surface area contributed by atoms with Crippen LogP contribution in [0.1, 0.15) is 36.3 Å². The van der Waals surface area contributed by atoms with Gasteiger partial charge in [-0.3, -0.25) is 4.79 Å². The lowest BCUT2D eigenvalue weighted by Crippen LogP contribution is -2.54. The standard InChI is InChI=1S/C18H23N3O2S/c1-18(2)11-21(8-7-16(18)19)17(22)14-5-3-4-6-15(14)23-9-13-10-24-12-20-13/h3-6,10,12,16H,7-9,11,19H2,1-2H3. The lowest BCUT2D eigenvalue weighted by molar-refractivity contribution is 0.0528. The fraction of sp³-hybridized carbons (Fsp3) is 0.444. The van der Waals surface area contributed by atoms with Gasteiger partial charge < -0.3 is 15.4 Å². The highest BCUT2D eigenvalue weighted by atomic mass is 32.1. The van der Waals surface area contributed by atoms with Gasteiger partial charge >= 0.3 is 0 Å². The highest BCUT2D eigenvalue weighted by Gasteiger charge is 2.36. The zero-order valence-electron chi connectivity index (χ0n) is 14.1. The molecule has 2 N–H and O–H groups in total. The second kappa shape index (κ2) is 6.91. The van der Waals surface area contributed by atoms with Crippen LogP contribution in [0, 0.1) is 5.41 Å². The van der Waals surface area contributed by atoms with Crippen LogP contribution in [-0.2, 0) is 6.61 Å². The molecule has 1 aliphatic rings. The summed E-state index contributed by atoms with van der Waals surface area (Å²) in [5.74, 6) is 0.604. The molecule has 0 aliphatic carbocycles. The summed E-state index contributed by atoms with van der Waals surface area (Å²) in [6, 6.07) is 7.52. The Morgan fingerprint density at radius 1 is 1.46 bits per heavy atom. The number of para-hydroxylation sites is 1. The SMILES string of the molecule is CC1(C)CN(C(=O)c2ccccc2OCc2cscn2)CCC1N. The van der Waals surface area contributed by atoms with Crippen molar-refractivity contribution in [1.82, 2.24) is 9.88 Å². The number of ether oxygens (including phenoxy) is 1. The van der Waals surface area contributed by atoms with Crippen molar-refractivity contribution in [3.8, 4) is 5.75 Å². The molecule has 5 nitrogen and oxygen atoms in total. The zero-order chi connectivity index (χ0) is 17.2. The summed E-state index contributed by atoms with van der Waals surface area (Å²) in [6.45, 7) is 5.94. The van der Waals surface area contributed by atoms with Crippen LogP contribution in [0.5, 0.6) is 5.75 Å². The normalized spacial score (nSPS) is 20.0. The van der Waals surface area contributed by atoms with Crippen LogP contribution in [-0.4, -0.2) is 34.9 Å². The first-order chi connectivity index (χ1) is 11.5. The van der Waals surface area contributed by atoms with Gasteiger partial charge in [0.1, 0.15) is 12.4 Å². The summed E-state index contributed by atoms with van der Waals surface area (Å²) in [5.41, 5.74) is 9.33. The number of amides is 1. The predicted molar refractivity (Wildman–Crippen MR) is 95.2 cm³/mol. The molecular formula is C18H23N3O2S. The van der Waals surface area contributed by atoms with Crippen molar-refractivity contribution in [1.29, 1.82) is 0 Å². The van der Waals surface area contributed by atoms with Gasteiger partial charge in [-0.05, 0) is 24.0 Å². The molecule has 24 heavy (non-hydrogen) atoms. The van der Waals surface area contributed by atoms with Crippen molar-refractivity contribution in [3.63, 3.8) is 0 Å². The minimum absolute atomic E-state index is 0.00357. The largest absolute Gasteiger partial charge is 0.486 e. The summed E-state index contributed by atoms with van der Waals surface area (Å²) in [4.78, 5) is 19.1. The smallest absolute Gasteiger partial charge is 0.257 e. The van der Waals surface area contributed by atoms with Crippen LogP contribution >= 0.6 is 11.3 Å². The molecular weight excluding hydrogens is 322 g/mol. The fourth-order valence-electron chi connectivity index (χ4n) is 2.95. The molecule has 0 radical (unpaired) electrons. The number of nitrogens with zero attached hydrogens (tertiary/aromatic N) is 2. The number of carbonyl (C=O) groups excluding carboxylic acids is 1. The molecule has 1 fully saturated rings. The molecule has 2 aromatic rings. The second-order valence-corrected chi connectivity index (χ2v) is 7.59. The third kappa shape index (κ3) is 3.60. The Morgan fingerprint density at radius 2 is 2.25 bits per heavy atom. The quantitative estimate of drug-likeness (QED) is 0.925. The first-order valence-corrected chi connectivity index (χ1v) is 9.05. The summed E-state index contributed by atoms with van der Waals surface area (Å²) in [7, 11) is 0. The molecule has 0 bridgehead atoms. The highest BCUT2D eigenvalue weighted by molar-refractivity contribution is 7.07. The Bertz CT molecular complexity index is 700. The van der Waals surface area contributed by atoms with Crippen LogP contribution in [0.4, 0.5) is 0 Å². The van der Waals surface area contributed by atoms with Gasteiger partial charge in [-0.2, -0.15) is 0 Å². The maximum atomic E-state index is 13.0. The Balaban J connectivity index is 1.75. The molecule has 1 aromatic heterocycles. The number of aromatic nitrogens is 1. The summed E-state index contributed by atoms with van der Waals surface area (Å²) >= 11 is 1.53. The van der Waals surface area contributed by atoms with E-state index in [1.807, 2.05) is 34.5 Å². The average Bonchev–Trinajstić information content (AvgIpc) is 3.08. The van der Waals surface area contributed by atoms with Gasteiger partial charge in [0.2, 0.25) is 0 Å². The van der Waals surface area contributed by atoms with Crippen molar-refractivity contribution in [2.24, 2.45) is 11.1 Å². The predicted octanol–water partition coefficient (Wildman–Crippen LogP) is 2.92. The number of hydrogen-bond acceptors (Lipinski definition) is 5. The molecule has 3 rings (SSSR count). The van der Waals surface area contributed by atoms with Gasteiger partial charge in [0.05, 0.1) is 16.8 Å². The average molecular weight is 345 g/mol. The number of likely N-dealkylation sites (tertiary alicyclic amines) is 1. The monoisotopic (exact) mass is 345 g/mol. The Morgan fingerprint density at radius 3 is 2.96 bits per heavy atom. The maximum absolute atomic E-state index is 13.0. The summed E-state index contributed by atoms with van der Waals surface area (Å²) in [5, 5.41) is 1.94. The van der Waals surface area contributed by atoms with Gasteiger partial charge in [-0.1, -0.05) is 26.0 Å². The molecule has 2 heterocycles. The van der Waals surface area contributed by atoms with Crippen molar-refractivity contribution in [2.75, 3.05) is 13.1 Å². The number of benzene rings is 1. The molecule has 1 aromatic carbocycles. The topological polar surface area (TPSA) is 68.5 Å². The third-order valence-electron chi connectivity index (χ3n) is 4.58. The summed E-state index contributed by atoms with van der Waals surface area (Å²) < 4.78 is 5.84. The van der Waals surface area contributed by atoms with Gasteiger partial charge in [-0.25, -0.2) is 4.98 Å². The van der Waals surface area contributed by atoms with E-state index in [-0.39, 0.29) is 17.4 Å². The van der Waals surface area contributed by atoms with E-state index in [4.69, 9.17) is 10.5 Å². The summed E-state index contributed by atoms with van der Waals surface area (Å²) in [6.07, 6.45) is 0.820. The van der Waals surface area contributed by atoms with Crippen molar-refractivity contribution in [3.05, 3.63) is 46.4 Å². The lowest BCUT2D eigenvalue weighted by atomic mass is 9.79. The second-order valence-electron chi connectivity index (χ2n) is 6.88. The molecule has 0 spiro atoms. The van der Waals surface area contributed by atoms with E-state index in [9.17, 15) is 4.79 Å². The van der Waals surface area contributed by atoms with E-state index < -0.39 is 0 Å². The molecule has 1 atom stereocenters. The first kappa shape index (κ1) is 16.9. The van der Waals surface area contributed by atoms with Crippen LogP contribution < -0.4 is 10.5 Å². The van der Waals surface area contributed by atoms with E-state index in [1.54, 1.807) is 5.51 Å². The van der Waals surface area contributed by atoms with Crippen molar-refractivity contribution < 1.29 is 9.53 Å². The number of hydrogen-bond donors (Lipinski definition) is 1. The Labute approximate surface area is 146 Å². The third-order valence-corrected chi connectivity index (χ3v) is 5.21. The Hall–Kier alpha value is -1.92. The lowest BCUT2D eigenvalue weighted by Gasteiger charge is -2.42. The van der Waals surface area contributed by atoms with Crippen molar-refractivity contribution in [2.45, 2.75) is 32.9 Å². The van der Waals surface area contributed by atoms with Crippen molar-refractivity contribution >= 4 is 17.2 Å². The number of nitrogens with two attached hydrogens (primary N) is 1. The first-order valence-electron chi connectivity index (χ1n) is 8.11. The van der Waals surface area contributed by atoms with Crippen LogP contribution in [0.15, 0.2) is 35.2 Å². The van der Waals surface area contributed by atoms with Crippen LogP contribution in [0.3, 0.4) is 0 Å². The van der Waals surface area contributed by atoms with Gasteiger partial charge in [0.15, 0.2) is 0 Å². The molecule has 128 valence electrons. The van der Waals surface area contributed by atoms with E-state index in [0.717, 1.165) is 12.1 Å². The molecule has 1 unspecified atom stereocenters. The number of carbonyl (C=O) groups is 1. The minimum atomic E-state index is -0.0791.